The molecular formula is C12H13F3N2O. The molecule has 0 saturated carbocycles. The van der Waals surface area contributed by atoms with Crippen molar-refractivity contribution in [1.82, 2.24) is 4.90 Å². The Hall–Kier alpha value is -1.56. The van der Waals surface area contributed by atoms with Crippen LogP contribution in [0.5, 0.6) is 0 Å². The first-order chi connectivity index (χ1) is 8.51. The zero-order chi connectivity index (χ0) is 13.3. The fourth-order valence-electron chi connectivity index (χ4n) is 2.08. The quantitative estimate of drug-likeness (QED) is 0.833. The predicted octanol–water partition coefficient (Wildman–Crippen LogP) is 1.41. The molecule has 1 unspecified atom stereocenters. The van der Waals surface area contributed by atoms with Gasteiger partial charge in [-0.25, -0.2) is 13.2 Å². The van der Waals surface area contributed by atoms with Crippen LogP contribution in [-0.2, 0) is 11.3 Å². The first-order valence-corrected chi connectivity index (χ1v) is 5.62. The number of hydrogen-bond donors (Lipinski definition) is 1. The first kappa shape index (κ1) is 12.9. The summed E-state index contributed by atoms with van der Waals surface area (Å²) in [5, 5.41) is 0. The highest BCUT2D eigenvalue weighted by Crippen LogP contribution is 2.21. The Kier molecular flexibility index (Phi) is 3.56. The van der Waals surface area contributed by atoms with Gasteiger partial charge < -0.3 is 10.6 Å². The molecule has 1 aromatic carbocycles. The topological polar surface area (TPSA) is 46.3 Å². The van der Waals surface area contributed by atoms with E-state index >= 15 is 0 Å². The van der Waals surface area contributed by atoms with Crippen LogP contribution in [0.3, 0.4) is 0 Å². The average Bonchev–Trinajstić information content (AvgIpc) is 2.67. The second-order valence-electron chi connectivity index (χ2n) is 4.45. The van der Waals surface area contributed by atoms with Gasteiger partial charge in [0.1, 0.15) is 0 Å². The van der Waals surface area contributed by atoms with Gasteiger partial charge in [-0.3, -0.25) is 4.79 Å². The molecule has 1 saturated heterocycles. The van der Waals surface area contributed by atoms with Crippen molar-refractivity contribution in [3.8, 4) is 0 Å². The van der Waals surface area contributed by atoms with Gasteiger partial charge in [0, 0.05) is 19.5 Å². The summed E-state index contributed by atoms with van der Waals surface area (Å²) in [5.41, 5.74) is 5.70. The van der Waals surface area contributed by atoms with Gasteiger partial charge in [-0.2, -0.15) is 0 Å². The van der Waals surface area contributed by atoms with Crippen LogP contribution in [0.15, 0.2) is 12.1 Å². The molecule has 0 aromatic heterocycles. The summed E-state index contributed by atoms with van der Waals surface area (Å²) in [5.74, 6) is -4.01. The number of nitrogens with two attached hydrogens (primary N) is 1. The lowest BCUT2D eigenvalue weighted by atomic mass is 10.1. The number of nitrogens with zero attached hydrogens (tertiary/aromatic N) is 1. The van der Waals surface area contributed by atoms with Crippen LogP contribution in [0, 0.1) is 23.4 Å². The van der Waals surface area contributed by atoms with Crippen molar-refractivity contribution in [3.63, 3.8) is 0 Å². The van der Waals surface area contributed by atoms with Crippen molar-refractivity contribution >= 4 is 5.91 Å². The molecule has 1 aliphatic rings. The summed E-state index contributed by atoms with van der Waals surface area (Å²) in [7, 11) is 0. The molecule has 0 aliphatic carbocycles. The molecule has 2 rings (SSSR count). The van der Waals surface area contributed by atoms with E-state index in [0.29, 0.717) is 19.5 Å². The standard InChI is InChI=1S/C12H13F3N2O/c13-9-1-7(2-10(14)12(9)15)5-17-6-8(4-16)3-11(17)18/h1-2,8H,3-6,16H2. The zero-order valence-corrected chi connectivity index (χ0v) is 9.63. The third kappa shape index (κ3) is 2.48. The molecule has 1 fully saturated rings. The van der Waals surface area contributed by atoms with Crippen molar-refractivity contribution in [2.45, 2.75) is 13.0 Å². The van der Waals surface area contributed by atoms with Crippen LogP contribution in [0.4, 0.5) is 13.2 Å². The van der Waals surface area contributed by atoms with Crippen molar-refractivity contribution in [3.05, 3.63) is 35.1 Å². The van der Waals surface area contributed by atoms with Gasteiger partial charge in [0.25, 0.3) is 0 Å². The fraction of sp³-hybridized carbons (Fsp3) is 0.417. The average molecular weight is 258 g/mol. The summed E-state index contributed by atoms with van der Waals surface area (Å²) in [6, 6.07) is 1.81. The highest BCUT2D eigenvalue weighted by Gasteiger charge is 2.28. The summed E-state index contributed by atoms with van der Waals surface area (Å²) >= 11 is 0. The molecular weight excluding hydrogens is 245 g/mol. The number of carbonyl (C=O) groups excluding carboxylic acids is 1. The van der Waals surface area contributed by atoms with Crippen molar-refractivity contribution in [2.75, 3.05) is 13.1 Å². The van der Waals surface area contributed by atoms with E-state index in [1.165, 1.54) is 4.90 Å². The Bertz CT molecular complexity index is 455. The largest absolute Gasteiger partial charge is 0.338 e. The third-order valence-corrected chi connectivity index (χ3v) is 3.04. The third-order valence-electron chi connectivity index (χ3n) is 3.04. The molecule has 1 aliphatic heterocycles. The van der Waals surface area contributed by atoms with Crippen LogP contribution in [0.1, 0.15) is 12.0 Å². The van der Waals surface area contributed by atoms with Gasteiger partial charge in [-0.1, -0.05) is 0 Å². The van der Waals surface area contributed by atoms with Gasteiger partial charge >= 0.3 is 0 Å². The van der Waals surface area contributed by atoms with Gasteiger partial charge in [0.2, 0.25) is 5.91 Å². The van der Waals surface area contributed by atoms with E-state index in [1.807, 2.05) is 0 Å². The lowest BCUT2D eigenvalue weighted by Gasteiger charge is -2.16. The molecule has 0 bridgehead atoms. The predicted molar refractivity (Wildman–Crippen MR) is 58.9 cm³/mol. The van der Waals surface area contributed by atoms with Crippen LogP contribution < -0.4 is 5.73 Å². The second-order valence-corrected chi connectivity index (χ2v) is 4.45. The molecule has 1 amide bonds. The SMILES string of the molecule is NCC1CC(=O)N(Cc2cc(F)c(F)c(F)c2)C1. The molecule has 98 valence electrons. The van der Waals surface area contributed by atoms with Gasteiger partial charge in [0.05, 0.1) is 0 Å². The monoisotopic (exact) mass is 258 g/mol. The van der Waals surface area contributed by atoms with E-state index in [2.05, 4.69) is 0 Å². The maximum Gasteiger partial charge on any atom is 0.223 e. The Morgan fingerprint density at radius 3 is 2.39 bits per heavy atom. The van der Waals surface area contributed by atoms with E-state index in [9.17, 15) is 18.0 Å². The van der Waals surface area contributed by atoms with Crippen LogP contribution >= 0.6 is 0 Å². The molecule has 1 heterocycles. The van der Waals surface area contributed by atoms with Crippen LogP contribution in [-0.4, -0.2) is 23.9 Å². The Labute approximate surface area is 102 Å². The number of benzene rings is 1. The maximum atomic E-state index is 13.0. The lowest BCUT2D eigenvalue weighted by Crippen LogP contribution is -2.25. The van der Waals surface area contributed by atoms with Gasteiger partial charge in [-0.05, 0) is 30.2 Å². The minimum Gasteiger partial charge on any atom is -0.338 e. The van der Waals surface area contributed by atoms with E-state index in [0.717, 1.165) is 12.1 Å². The van der Waals surface area contributed by atoms with Gasteiger partial charge in [0.15, 0.2) is 17.5 Å². The fourth-order valence-corrected chi connectivity index (χ4v) is 2.08. The van der Waals surface area contributed by atoms with Crippen molar-refractivity contribution < 1.29 is 18.0 Å². The molecule has 0 spiro atoms. The molecule has 1 atom stereocenters. The summed E-state index contributed by atoms with van der Waals surface area (Å²) in [4.78, 5) is 13.1. The van der Waals surface area contributed by atoms with E-state index < -0.39 is 17.5 Å². The highest BCUT2D eigenvalue weighted by molar-refractivity contribution is 5.78. The number of rotatable bonds is 3. The Morgan fingerprint density at radius 1 is 1.28 bits per heavy atom. The van der Waals surface area contributed by atoms with Crippen molar-refractivity contribution in [1.29, 1.82) is 0 Å². The maximum absolute atomic E-state index is 13.0. The summed E-state index contributed by atoms with van der Waals surface area (Å²) in [6.07, 6.45) is 0.350. The first-order valence-electron chi connectivity index (χ1n) is 5.62. The molecule has 6 heteroatoms. The smallest absolute Gasteiger partial charge is 0.223 e. The normalized spacial score (nSPS) is 19.7. The number of likely N-dealkylation sites (tertiary alicyclic amines) is 1. The van der Waals surface area contributed by atoms with Crippen LogP contribution in [0.25, 0.3) is 0 Å². The Morgan fingerprint density at radius 2 is 1.89 bits per heavy atom. The molecule has 2 N–H and O–H groups in total. The number of carbonyl (C=O) groups is 1. The van der Waals surface area contributed by atoms with E-state index in [-0.39, 0.29) is 23.9 Å². The summed E-state index contributed by atoms with van der Waals surface area (Å²) < 4.78 is 38.8. The number of hydrogen-bond acceptors (Lipinski definition) is 2. The van der Waals surface area contributed by atoms with Gasteiger partial charge in [-0.15, -0.1) is 0 Å². The number of amides is 1. The molecule has 3 nitrogen and oxygen atoms in total. The lowest BCUT2D eigenvalue weighted by molar-refractivity contribution is -0.128. The van der Waals surface area contributed by atoms with E-state index in [4.69, 9.17) is 5.73 Å². The second kappa shape index (κ2) is 4.97. The summed E-state index contributed by atoms with van der Waals surface area (Å²) in [6.45, 7) is 0.938. The molecule has 1 aromatic rings. The van der Waals surface area contributed by atoms with Crippen molar-refractivity contribution in [2.24, 2.45) is 11.7 Å². The minimum atomic E-state index is -1.49. The van der Waals surface area contributed by atoms with E-state index in [1.54, 1.807) is 0 Å². The molecule has 18 heavy (non-hydrogen) atoms. The zero-order valence-electron chi connectivity index (χ0n) is 9.63. The number of halogens is 3. The molecule has 0 radical (unpaired) electrons. The Balaban J connectivity index is 2.13. The highest BCUT2D eigenvalue weighted by atomic mass is 19.2. The minimum absolute atomic E-state index is 0.0729. The van der Waals surface area contributed by atoms with Crippen LogP contribution in [0.2, 0.25) is 0 Å².